The van der Waals surface area contributed by atoms with Crippen LogP contribution < -0.4 is 9.80 Å². The lowest BCUT2D eigenvalue weighted by Gasteiger charge is -2.30. The smallest absolute Gasteiger partial charge is 0.0725 e. The molecule has 1 spiro atoms. The highest BCUT2D eigenvalue weighted by Gasteiger charge is 2.51. The van der Waals surface area contributed by atoms with Gasteiger partial charge in [-0.15, -0.1) is 0 Å². The monoisotopic (exact) mass is 854 g/mol. The zero-order chi connectivity index (χ0) is 44.6. The highest BCUT2D eigenvalue weighted by molar-refractivity contribution is 5.96. The molecule has 0 N–H and O–H groups in total. The van der Waals surface area contributed by atoms with Crippen LogP contribution in [0.4, 0.5) is 34.1 Å². The standard InChI is InChI=1S/C65H46N2/c1-5-17-51(18-6-1)66(52-19-7-2-8-20-52)55-39-33-47(34-40-55)29-31-49-37-43-59-57-25-13-15-27-61(57)65(63(59)45-49)62-28-16-14-26-58(62)60-44-38-50(46-64(60)65)32-30-48-35-41-56(42-36-48)67(53-21-9-3-10-22-53)54-23-11-4-12-24-54/h1-46H. The van der Waals surface area contributed by atoms with E-state index in [4.69, 9.17) is 0 Å². The van der Waals surface area contributed by atoms with Gasteiger partial charge in [-0.05, 0) is 152 Å². The summed E-state index contributed by atoms with van der Waals surface area (Å²) in [5, 5.41) is 0. The third-order valence-electron chi connectivity index (χ3n) is 13.4. The van der Waals surface area contributed by atoms with Crippen molar-refractivity contribution in [1.82, 2.24) is 0 Å². The summed E-state index contributed by atoms with van der Waals surface area (Å²) in [6.07, 6.45) is 9.01. The van der Waals surface area contributed by atoms with Crippen LogP contribution in [0, 0.1) is 0 Å². The summed E-state index contributed by atoms with van der Waals surface area (Å²) in [7, 11) is 0. The van der Waals surface area contributed by atoms with Crippen molar-refractivity contribution in [3.63, 3.8) is 0 Å². The molecule has 0 saturated carbocycles. The van der Waals surface area contributed by atoms with Crippen molar-refractivity contribution < 1.29 is 0 Å². The molecule has 2 nitrogen and oxygen atoms in total. The first-order chi connectivity index (χ1) is 33.2. The van der Waals surface area contributed by atoms with E-state index < -0.39 is 5.41 Å². The Morgan fingerprint density at radius 3 is 0.851 bits per heavy atom. The number of para-hydroxylation sites is 4. The van der Waals surface area contributed by atoms with E-state index in [1.807, 2.05) is 0 Å². The molecule has 0 saturated heterocycles. The first-order valence-corrected chi connectivity index (χ1v) is 23.1. The van der Waals surface area contributed by atoms with Gasteiger partial charge in [0.2, 0.25) is 0 Å². The quantitative estimate of drug-likeness (QED) is 0.126. The van der Waals surface area contributed by atoms with Crippen LogP contribution in [0.2, 0.25) is 0 Å². The van der Waals surface area contributed by atoms with Crippen molar-refractivity contribution >= 4 is 58.4 Å². The molecule has 316 valence electrons. The highest BCUT2D eigenvalue weighted by Crippen LogP contribution is 2.63. The van der Waals surface area contributed by atoms with Gasteiger partial charge in [0.05, 0.1) is 5.41 Å². The fourth-order valence-corrected chi connectivity index (χ4v) is 10.4. The summed E-state index contributed by atoms with van der Waals surface area (Å²) in [4.78, 5) is 4.60. The molecular formula is C65H46N2. The fourth-order valence-electron chi connectivity index (χ4n) is 10.4. The number of rotatable bonds is 10. The van der Waals surface area contributed by atoms with Crippen molar-refractivity contribution in [3.8, 4) is 22.3 Å². The van der Waals surface area contributed by atoms with Crippen molar-refractivity contribution in [2.45, 2.75) is 5.41 Å². The average molecular weight is 855 g/mol. The number of nitrogens with zero attached hydrogens (tertiary/aromatic N) is 2. The topological polar surface area (TPSA) is 6.48 Å². The van der Waals surface area contributed by atoms with Crippen LogP contribution in [-0.4, -0.2) is 0 Å². The van der Waals surface area contributed by atoms with Gasteiger partial charge in [0.1, 0.15) is 0 Å². The Labute approximate surface area is 393 Å². The zero-order valence-electron chi connectivity index (χ0n) is 37.0. The first-order valence-electron chi connectivity index (χ1n) is 23.1. The second kappa shape index (κ2) is 17.0. The molecule has 10 aromatic rings. The summed E-state index contributed by atoms with van der Waals surface area (Å²) in [5.74, 6) is 0. The molecule has 0 atom stereocenters. The van der Waals surface area contributed by atoms with Gasteiger partial charge in [-0.25, -0.2) is 0 Å². The van der Waals surface area contributed by atoms with Crippen LogP contribution in [0.5, 0.6) is 0 Å². The molecule has 2 aliphatic carbocycles. The van der Waals surface area contributed by atoms with Gasteiger partial charge in [-0.3, -0.25) is 0 Å². The van der Waals surface area contributed by atoms with Gasteiger partial charge in [0.15, 0.2) is 0 Å². The Morgan fingerprint density at radius 1 is 0.224 bits per heavy atom. The highest BCUT2D eigenvalue weighted by atomic mass is 15.1. The molecule has 12 rings (SSSR count). The molecule has 2 heteroatoms. The van der Waals surface area contributed by atoms with E-state index in [1.165, 1.54) is 55.6 Å². The number of benzene rings is 10. The number of hydrogen-bond donors (Lipinski definition) is 0. The van der Waals surface area contributed by atoms with E-state index in [0.717, 1.165) is 45.3 Å². The SMILES string of the molecule is C(=Cc1ccc2c(c1)C1(c3ccccc3-2)c2ccccc2-c2ccc(C=Cc3ccc(N(c4ccccc4)c4ccccc4)cc3)cc21)c1ccc(N(c2ccccc2)c2ccccc2)cc1. The van der Waals surface area contributed by atoms with Crippen molar-refractivity contribution in [2.75, 3.05) is 9.80 Å². The van der Waals surface area contributed by atoms with Gasteiger partial charge < -0.3 is 9.80 Å². The summed E-state index contributed by atoms with van der Waals surface area (Å²) < 4.78 is 0. The molecule has 0 aliphatic heterocycles. The van der Waals surface area contributed by atoms with Gasteiger partial charge in [0, 0.05) is 34.1 Å². The van der Waals surface area contributed by atoms with Gasteiger partial charge in [0.25, 0.3) is 0 Å². The van der Waals surface area contributed by atoms with E-state index in [-0.39, 0.29) is 0 Å². The van der Waals surface area contributed by atoms with E-state index in [1.54, 1.807) is 0 Å². The average Bonchev–Trinajstić information content (AvgIpc) is 3.86. The molecule has 0 bridgehead atoms. The van der Waals surface area contributed by atoms with E-state index >= 15 is 0 Å². The first kappa shape index (κ1) is 39.8. The van der Waals surface area contributed by atoms with Crippen LogP contribution in [0.1, 0.15) is 44.5 Å². The lowest BCUT2D eigenvalue weighted by Crippen LogP contribution is -2.26. The molecule has 0 amide bonds. The summed E-state index contributed by atoms with van der Waals surface area (Å²) in [6.45, 7) is 0. The number of fused-ring (bicyclic) bond motifs is 10. The fraction of sp³-hybridized carbons (Fsp3) is 0.0154. The Hall–Kier alpha value is -8.72. The Kier molecular flexibility index (Phi) is 10.1. The van der Waals surface area contributed by atoms with Crippen molar-refractivity contribution in [2.24, 2.45) is 0 Å². The predicted molar refractivity (Wildman–Crippen MR) is 283 cm³/mol. The molecule has 0 unspecified atom stereocenters. The lowest BCUT2D eigenvalue weighted by molar-refractivity contribution is 0.793. The molecule has 67 heavy (non-hydrogen) atoms. The van der Waals surface area contributed by atoms with Crippen LogP contribution in [-0.2, 0) is 5.41 Å². The second-order valence-electron chi connectivity index (χ2n) is 17.3. The molecular weight excluding hydrogens is 809 g/mol. The van der Waals surface area contributed by atoms with E-state index in [2.05, 4.69) is 289 Å². The van der Waals surface area contributed by atoms with Crippen LogP contribution in [0.15, 0.2) is 255 Å². The maximum absolute atomic E-state index is 2.44. The molecule has 10 aromatic carbocycles. The summed E-state index contributed by atoms with van der Waals surface area (Å²) >= 11 is 0. The van der Waals surface area contributed by atoms with Crippen LogP contribution >= 0.6 is 0 Å². The molecule has 2 aliphatic rings. The maximum Gasteiger partial charge on any atom is 0.0725 e. The lowest BCUT2D eigenvalue weighted by atomic mass is 9.70. The van der Waals surface area contributed by atoms with E-state index in [9.17, 15) is 0 Å². The van der Waals surface area contributed by atoms with Crippen LogP contribution in [0.3, 0.4) is 0 Å². The second-order valence-corrected chi connectivity index (χ2v) is 17.3. The summed E-state index contributed by atoms with van der Waals surface area (Å²) in [6, 6.07) is 92.2. The Balaban J connectivity index is 0.887. The predicted octanol–water partition coefficient (Wildman–Crippen LogP) is 17.3. The van der Waals surface area contributed by atoms with E-state index in [0.29, 0.717) is 0 Å². The minimum Gasteiger partial charge on any atom is -0.311 e. The minimum absolute atomic E-state index is 0.453. The minimum atomic E-state index is -0.453. The third kappa shape index (κ3) is 7.08. The van der Waals surface area contributed by atoms with Crippen LogP contribution in [0.25, 0.3) is 46.6 Å². The van der Waals surface area contributed by atoms with Gasteiger partial charge in [-0.2, -0.15) is 0 Å². The maximum atomic E-state index is 2.44. The molecule has 0 aromatic heterocycles. The molecule has 0 fully saturated rings. The van der Waals surface area contributed by atoms with Crippen molar-refractivity contribution in [1.29, 1.82) is 0 Å². The molecule has 0 radical (unpaired) electrons. The number of anilines is 6. The van der Waals surface area contributed by atoms with Gasteiger partial charge in [-0.1, -0.05) is 194 Å². The largest absolute Gasteiger partial charge is 0.311 e. The zero-order valence-corrected chi connectivity index (χ0v) is 37.0. The molecule has 0 heterocycles. The normalized spacial score (nSPS) is 14.2. The summed E-state index contributed by atoms with van der Waals surface area (Å²) in [5.41, 5.74) is 21.5. The Morgan fingerprint density at radius 2 is 0.493 bits per heavy atom. The number of hydrogen-bond acceptors (Lipinski definition) is 2. The van der Waals surface area contributed by atoms with Crippen molar-refractivity contribution in [3.05, 3.63) is 299 Å². The third-order valence-corrected chi connectivity index (χ3v) is 13.4. The van der Waals surface area contributed by atoms with Gasteiger partial charge >= 0.3 is 0 Å². The Bertz CT molecular complexity index is 3120.